The molecule has 200 valence electrons. The first-order valence-corrected chi connectivity index (χ1v) is 12.3. The zero-order chi connectivity index (χ0) is 26.8. The summed E-state index contributed by atoms with van der Waals surface area (Å²) >= 11 is 0. The molecular formula is C27H34N2O8. The van der Waals surface area contributed by atoms with Gasteiger partial charge in [0.1, 0.15) is 24.0 Å². The van der Waals surface area contributed by atoms with E-state index in [1.54, 1.807) is 0 Å². The minimum atomic E-state index is -0.977. The number of ether oxygens (including phenoxy) is 5. The van der Waals surface area contributed by atoms with E-state index in [-0.39, 0.29) is 29.2 Å². The highest BCUT2D eigenvalue weighted by Crippen LogP contribution is 2.33. The number of pyridine rings is 1. The number of rotatable bonds is 12. The Hall–Kier alpha value is -3.82. The van der Waals surface area contributed by atoms with Crippen LogP contribution in [0, 0.1) is 5.92 Å². The zero-order valence-corrected chi connectivity index (χ0v) is 21.6. The molecule has 0 aliphatic heterocycles. The van der Waals surface area contributed by atoms with Gasteiger partial charge >= 0.3 is 11.9 Å². The number of carbonyl (C=O) groups excluding carboxylic acids is 3. The van der Waals surface area contributed by atoms with Gasteiger partial charge in [-0.2, -0.15) is 0 Å². The van der Waals surface area contributed by atoms with Crippen LogP contribution in [0.15, 0.2) is 42.6 Å². The molecule has 1 aromatic carbocycles. The molecule has 1 amide bonds. The molecule has 1 heterocycles. The molecule has 3 atom stereocenters. The van der Waals surface area contributed by atoms with Crippen LogP contribution in [0.4, 0.5) is 0 Å². The van der Waals surface area contributed by atoms with Crippen molar-refractivity contribution in [1.82, 2.24) is 10.3 Å². The van der Waals surface area contributed by atoms with Gasteiger partial charge < -0.3 is 29.0 Å². The van der Waals surface area contributed by atoms with Crippen molar-refractivity contribution in [2.45, 2.75) is 64.7 Å². The molecule has 0 bridgehead atoms. The Morgan fingerprint density at radius 2 is 1.78 bits per heavy atom. The molecule has 2 aromatic rings. The summed E-state index contributed by atoms with van der Waals surface area (Å²) in [6.45, 7) is 4.22. The van der Waals surface area contributed by atoms with Gasteiger partial charge in [0, 0.05) is 19.2 Å². The van der Waals surface area contributed by atoms with Crippen molar-refractivity contribution < 1.29 is 38.1 Å². The first-order chi connectivity index (χ1) is 17.8. The molecule has 1 aromatic heterocycles. The SMILES string of the molecule is COc1ccnc(C(=O)N[C@@H](C)C(=O)O[C@H](C2CCCC2)[C@H](C)Oc2ccccc2)c1OCOC(C)=O. The van der Waals surface area contributed by atoms with Gasteiger partial charge in [0.25, 0.3) is 5.91 Å². The number of aromatic nitrogens is 1. The van der Waals surface area contributed by atoms with Crippen molar-refractivity contribution >= 4 is 17.8 Å². The lowest BCUT2D eigenvalue weighted by Crippen LogP contribution is -2.45. The lowest BCUT2D eigenvalue weighted by Gasteiger charge is -2.30. The van der Waals surface area contributed by atoms with Crippen LogP contribution < -0.4 is 19.5 Å². The maximum atomic E-state index is 13.1. The lowest BCUT2D eigenvalue weighted by molar-refractivity contribution is -0.159. The van der Waals surface area contributed by atoms with Crippen molar-refractivity contribution in [3.05, 3.63) is 48.3 Å². The molecule has 0 unspecified atom stereocenters. The number of hydrogen-bond acceptors (Lipinski definition) is 9. The summed E-state index contributed by atoms with van der Waals surface area (Å²) in [5, 5.41) is 2.61. The van der Waals surface area contributed by atoms with E-state index in [0.29, 0.717) is 5.75 Å². The molecular weight excluding hydrogens is 480 g/mol. The first-order valence-electron chi connectivity index (χ1n) is 12.3. The summed E-state index contributed by atoms with van der Waals surface area (Å²) in [4.78, 5) is 41.2. The third kappa shape index (κ3) is 7.83. The van der Waals surface area contributed by atoms with Crippen molar-refractivity contribution in [2.24, 2.45) is 5.92 Å². The van der Waals surface area contributed by atoms with E-state index in [1.807, 2.05) is 37.3 Å². The van der Waals surface area contributed by atoms with Crippen molar-refractivity contribution in [3.8, 4) is 17.2 Å². The van der Waals surface area contributed by atoms with Crippen LogP contribution in [-0.2, 0) is 19.1 Å². The van der Waals surface area contributed by atoms with Crippen molar-refractivity contribution in [2.75, 3.05) is 13.9 Å². The van der Waals surface area contributed by atoms with Gasteiger partial charge in [0.2, 0.25) is 6.79 Å². The number of nitrogens with one attached hydrogen (secondary N) is 1. The number of para-hydroxylation sites is 1. The Bertz CT molecular complexity index is 1060. The minimum absolute atomic E-state index is 0.0157. The van der Waals surface area contributed by atoms with Crippen LogP contribution in [0.2, 0.25) is 0 Å². The van der Waals surface area contributed by atoms with E-state index in [0.717, 1.165) is 25.7 Å². The standard InChI is InChI=1S/C27H34N2O8/c1-17(29-26(31)23-25(35-16-34-19(3)30)22(33-4)14-15-28-23)27(32)37-24(20-10-8-9-11-20)18(2)36-21-12-6-5-7-13-21/h5-7,12-15,17-18,20,24H,8-11,16H2,1-4H3,(H,29,31)/t17-,18-,24-/m0/s1. The molecule has 37 heavy (non-hydrogen) atoms. The third-order valence-electron chi connectivity index (χ3n) is 6.11. The monoisotopic (exact) mass is 514 g/mol. The van der Waals surface area contributed by atoms with Crippen LogP contribution in [0.3, 0.4) is 0 Å². The molecule has 10 heteroatoms. The minimum Gasteiger partial charge on any atom is -0.493 e. The number of methoxy groups -OCH3 is 1. The van der Waals surface area contributed by atoms with Gasteiger partial charge in [-0.3, -0.25) is 9.59 Å². The number of esters is 2. The van der Waals surface area contributed by atoms with Gasteiger partial charge in [-0.25, -0.2) is 9.78 Å². The Balaban J connectivity index is 1.68. The summed E-state index contributed by atoms with van der Waals surface area (Å²) < 4.78 is 27.5. The van der Waals surface area contributed by atoms with Crippen molar-refractivity contribution in [3.63, 3.8) is 0 Å². The van der Waals surface area contributed by atoms with Gasteiger partial charge in [-0.05, 0) is 44.7 Å². The number of amides is 1. The smallest absolute Gasteiger partial charge is 0.328 e. The summed E-state index contributed by atoms with van der Waals surface area (Å²) in [6.07, 6.45) is 4.55. The average molecular weight is 515 g/mol. The number of nitrogens with zero attached hydrogens (tertiary/aromatic N) is 1. The average Bonchev–Trinajstić information content (AvgIpc) is 3.42. The number of benzene rings is 1. The second kappa shape index (κ2) is 13.5. The maximum Gasteiger partial charge on any atom is 0.328 e. The Morgan fingerprint density at radius 3 is 2.43 bits per heavy atom. The van der Waals surface area contributed by atoms with Gasteiger partial charge in [0.05, 0.1) is 7.11 Å². The molecule has 1 N–H and O–H groups in total. The van der Waals surface area contributed by atoms with E-state index < -0.39 is 36.8 Å². The molecule has 0 spiro atoms. The van der Waals surface area contributed by atoms with E-state index in [1.165, 1.54) is 33.2 Å². The fraction of sp³-hybridized carbons (Fsp3) is 0.481. The molecule has 1 aliphatic rings. The highest BCUT2D eigenvalue weighted by molar-refractivity contribution is 5.98. The summed E-state index contributed by atoms with van der Waals surface area (Å²) in [5.41, 5.74) is -0.126. The van der Waals surface area contributed by atoms with E-state index >= 15 is 0 Å². The van der Waals surface area contributed by atoms with Gasteiger partial charge in [0.15, 0.2) is 17.2 Å². The predicted octanol–water partition coefficient (Wildman–Crippen LogP) is 3.68. The number of carbonyl (C=O) groups is 3. The summed E-state index contributed by atoms with van der Waals surface area (Å²) in [5.74, 6) is -0.736. The highest BCUT2D eigenvalue weighted by atomic mass is 16.7. The second-order valence-corrected chi connectivity index (χ2v) is 8.87. The van der Waals surface area contributed by atoms with E-state index in [2.05, 4.69) is 10.3 Å². The molecule has 1 fully saturated rings. The summed E-state index contributed by atoms with van der Waals surface area (Å²) in [7, 11) is 1.40. The molecule has 0 radical (unpaired) electrons. The summed E-state index contributed by atoms with van der Waals surface area (Å²) in [6, 6.07) is 9.90. The Morgan fingerprint density at radius 1 is 1.08 bits per heavy atom. The van der Waals surface area contributed by atoms with Gasteiger partial charge in [-0.1, -0.05) is 31.0 Å². The second-order valence-electron chi connectivity index (χ2n) is 8.87. The Kier molecular flexibility index (Phi) is 10.1. The fourth-order valence-corrected chi connectivity index (χ4v) is 4.27. The van der Waals surface area contributed by atoms with Crippen LogP contribution in [0.5, 0.6) is 17.2 Å². The molecule has 1 saturated carbocycles. The number of hydrogen-bond donors (Lipinski definition) is 1. The molecule has 0 saturated heterocycles. The lowest BCUT2D eigenvalue weighted by atomic mass is 9.96. The fourth-order valence-electron chi connectivity index (χ4n) is 4.27. The zero-order valence-electron chi connectivity index (χ0n) is 21.6. The highest BCUT2D eigenvalue weighted by Gasteiger charge is 2.35. The quantitative estimate of drug-likeness (QED) is 0.334. The van der Waals surface area contributed by atoms with Crippen molar-refractivity contribution in [1.29, 1.82) is 0 Å². The molecule has 10 nitrogen and oxygen atoms in total. The van der Waals surface area contributed by atoms with Gasteiger partial charge in [-0.15, -0.1) is 0 Å². The molecule has 3 rings (SSSR count). The maximum absolute atomic E-state index is 13.1. The normalized spacial score (nSPS) is 15.7. The first kappa shape index (κ1) is 27.8. The largest absolute Gasteiger partial charge is 0.493 e. The van der Waals surface area contributed by atoms with E-state index in [4.69, 9.17) is 23.7 Å². The third-order valence-corrected chi connectivity index (χ3v) is 6.11. The van der Waals surface area contributed by atoms with Crippen LogP contribution in [0.25, 0.3) is 0 Å². The molecule has 1 aliphatic carbocycles. The van der Waals surface area contributed by atoms with E-state index in [9.17, 15) is 14.4 Å². The van der Waals surface area contributed by atoms with Crippen LogP contribution >= 0.6 is 0 Å². The van der Waals surface area contributed by atoms with Crippen LogP contribution in [-0.4, -0.2) is 55.0 Å². The Labute approximate surface area is 216 Å². The topological polar surface area (TPSA) is 122 Å². The van der Waals surface area contributed by atoms with Crippen LogP contribution in [0.1, 0.15) is 56.9 Å². The predicted molar refractivity (Wildman–Crippen MR) is 133 cm³/mol.